The van der Waals surface area contributed by atoms with Crippen LogP contribution in [0.5, 0.6) is 0 Å². The number of carboxylic acid groups (broad SMARTS) is 2. The van der Waals surface area contributed by atoms with Crippen molar-refractivity contribution in [2.45, 2.75) is 29.3 Å². The minimum absolute atomic E-state index is 0.139. The van der Waals surface area contributed by atoms with Gasteiger partial charge in [-0.3, -0.25) is 0 Å². The first-order chi connectivity index (χ1) is 15.4. The molecule has 11 heteroatoms. The molecule has 1 saturated carbocycles. The summed E-state index contributed by atoms with van der Waals surface area (Å²) in [4.78, 5) is 9.16. The average molecular weight is 500 g/mol. The highest BCUT2D eigenvalue weighted by molar-refractivity contribution is 7.91. The molecule has 1 heterocycles. The third-order valence-electron chi connectivity index (χ3n) is 5.20. The summed E-state index contributed by atoms with van der Waals surface area (Å²) < 4.78 is 66.6. The Hall–Kier alpha value is -2.89. The number of thiophene rings is 1. The quantitative estimate of drug-likeness (QED) is 0.416. The predicted octanol–water partition coefficient (Wildman–Crippen LogP) is 5.74. The first-order valence-electron chi connectivity index (χ1n) is 9.67. The number of benzene rings is 2. The molecule has 33 heavy (non-hydrogen) atoms. The molecule has 0 aliphatic heterocycles. The third kappa shape index (κ3) is 6.12. The van der Waals surface area contributed by atoms with E-state index in [2.05, 4.69) is 4.72 Å². The van der Waals surface area contributed by atoms with Gasteiger partial charge >= 0.3 is 12.3 Å². The molecule has 0 radical (unpaired) electrons. The second-order valence-electron chi connectivity index (χ2n) is 7.42. The molecule has 0 saturated heterocycles. The van der Waals surface area contributed by atoms with Gasteiger partial charge in [0.05, 0.1) is 5.56 Å². The largest absolute Gasteiger partial charge is 0.503 e. The summed E-state index contributed by atoms with van der Waals surface area (Å²) in [5.41, 5.74) is 0.915. The van der Waals surface area contributed by atoms with E-state index < -0.39 is 27.9 Å². The monoisotopic (exact) mass is 499 g/mol. The molecule has 0 spiro atoms. The summed E-state index contributed by atoms with van der Waals surface area (Å²) in [6.07, 6.45) is -6.23. The Morgan fingerprint density at radius 2 is 1.55 bits per heavy atom. The van der Waals surface area contributed by atoms with Gasteiger partial charge in [-0.05, 0) is 41.3 Å². The van der Waals surface area contributed by atoms with Crippen LogP contribution < -0.4 is 4.72 Å². The van der Waals surface area contributed by atoms with E-state index in [1.165, 1.54) is 18.2 Å². The second-order valence-corrected chi connectivity index (χ2v) is 10.4. The Morgan fingerprint density at radius 3 is 2.09 bits per heavy atom. The standard InChI is InChI=1S/C21H18F3NO2S2.CH2O3/c1-13-19(15-5-3-2-4-6-15)20(13)25-29(26,27)18-12-11-17(28-18)14-7-9-16(10-8-14)21(22,23)24;2-1(3)4/h2-13,19-20,25H,1H3;(H2,2,3,4)/t13-,19-,20+;/m1./s1. The highest BCUT2D eigenvalue weighted by Gasteiger charge is 2.49. The fourth-order valence-electron chi connectivity index (χ4n) is 3.51. The lowest BCUT2D eigenvalue weighted by Gasteiger charge is -2.07. The number of halogens is 3. The smallest absolute Gasteiger partial charge is 0.450 e. The van der Waals surface area contributed by atoms with Gasteiger partial charge in [-0.15, -0.1) is 11.3 Å². The van der Waals surface area contributed by atoms with Crippen molar-refractivity contribution in [3.63, 3.8) is 0 Å². The van der Waals surface area contributed by atoms with Crippen LogP contribution in [0.15, 0.2) is 70.9 Å². The molecule has 2 aromatic carbocycles. The summed E-state index contributed by atoms with van der Waals surface area (Å²) in [5.74, 6) is 0.335. The maximum atomic E-state index is 12.8. The van der Waals surface area contributed by atoms with Crippen molar-refractivity contribution < 1.29 is 36.6 Å². The molecule has 3 atom stereocenters. The lowest BCUT2D eigenvalue weighted by molar-refractivity contribution is -0.137. The van der Waals surface area contributed by atoms with E-state index in [9.17, 15) is 21.6 Å². The number of rotatable bonds is 5. The summed E-state index contributed by atoms with van der Waals surface area (Å²) in [5, 5.41) is 13.9. The first-order valence-corrected chi connectivity index (χ1v) is 12.0. The van der Waals surface area contributed by atoms with E-state index in [0.29, 0.717) is 10.4 Å². The SMILES string of the molecule is C[C@H]1[C@H](NS(=O)(=O)c2ccc(-c3ccc(C(F)(F)F)cc3)s2)[C@H]1c1ccccc1.O=C(O)O. The number of nitrogens with one attached hydrogen (secondary N) is 1. The summed E-state index contributed by atoms with van der Waals surface area (Å²) in [6, 6.07) is 17.4. The minimum atomic E-state index is -4.40. The molecule has 1 aliphatic rings. The van der Waals surface area contributed by atoms with Crippen LogP contribution in [0.3, 0.4) is 0 Å². The van der Waals surface area contributed by atoms with Crippen molar-refractivity contribution in [3.8, 4) is 10.4 Å². The number of hydrogen-bond acceptors (Lipinski definition) is 4. The van der Waals surface area contributed by atoms with Gasteiger partial charge < -0.3 is 10.2 Å². The van der Waals surface area contributed by atoms with Crippen LogP contribution >= 0.6 is 11.3 Å². The van der Waals surface area contributed by atoms with E-state index in [1.807, 2.05) is 37.3 Å². The van der Waals surface area contributed by atoms with E-state index in [1.54, 1.807) is 6.07 Å². The molecule has 0 unspecified atom stereocenters. The van der Waals surface area contributed by atoms with E-state index in [4.69, 9.17) is 15.0 Å². The van der Waals surface area contributed by atoms with Gasteiger partial charge in [-0.25, -0.2) is 17.9 Å². The normalized spacial score (nSPS) is 19.9. The molecular formula is C22H20F3NO5S2. The highest BCUT2D eigenvalue weighted by Crippen LogP contribution is 2.48. The van der Waals surface area contributed by atoms with Crippen molar-refractivity contribution >= 4 is 27.5 Å². The first kappa shape index (κ1) is 24.7. The highest BCUT2D eigenvalue weighted by atomic mass is 32.2. The lowest BCUT2D eigenvalue weighted by atomic mass is 10.1. The number of hydrogen-bond donors (Lipinski definition) is 3. The van der Waals surface area contributed by atoms with Crippen LogP contribution in [0.2, 0.25) is 0 Å². The van der Waals surface area contributed by atoms with E-state index in [0.717, 1.165) is 29.0 Å². The average Bonchev–Trinajstić information content (AvgIpc) is 3.14. The Labute approximate surface area is 192 Å². The second kappa shape index (κ2) is 9.54. The maximum absolute atomic E-state index is 12.8. The predicted molar refractivity (Wildman–Crippen MR) is 118 cm³/mol. The molecule has 1 aliphatic carbocycles. The summed E-state index contributed by atoms with van der Waals surface area (Å²) >= 11 is 1.04. The van der Waals surface area contributed by atoms with E-state index >= 15 is 0 Å². The van der Waals surface area contributed by atoms with Crippen molar-refractivity contribution in [2.75, 3.05) is 0 Å². The fraction of sp³-hybridized carbons (Fsp3) is 0.227. The molecule has 4 rings (SSSR count). The molecule has 176 valence electrons. The Balaban J connectivity index is 0.000000709. The Kier molecular flexibility index (Phi) is 7.15. The van der Waals surface area contributed by atoms with Gasteiger partial charge in [-0.2, -0.15) is 13.2 Å². The van der Waals surface area contributed by atoms with Crippen LogP contribution in [0.25, 0.3) is 10.4 Å². The zero-order chi connectivity index (χ0) is 24.4. The summed E-state index contributed by atoms with van der Waals surface area (Å²) in [7, 11) is -3.70. The zero-order valence-electron chi connectivity index (χ0n) is 17.2. The zero-order valence-corrected chi connectivity index (χ0v) is 18.8. The molecule has 3 aromatic rings. The fourth-order valence-corrected chi connectivity index (χ4v) is 6.19. The number of sulfonamides is 1. The lowest BCUT2D eigenvalue weighted by Crippen LogP contribution is -2.27. The third-order valence-corrected chi connectivity index (χ3v) is 8.28. The molecular weight excluding hydrogens is 479 g/mol. The van der Waals surface area contributed by atoms with E-state index in [-0.39, 0.29) is 22.1 Å². The molecule has 3 N–H and O–H groups in total. The van der Waals surface area contributed by atoms with Crippen molar-refractivity contribution in [3.05, 3.63) is 77.9 Å². The van der Waals surface area contributed by atoms with Crippen LogP contribution in [0, 0.1) is 5.92 Å². The van der Waals surface area contributed by atoms with Gasteiger partial charge in [0, 0.05) is 16.8 Å². The minimum Gasteiger partial charge on any atom is -0.450 e. The Bertz CT molecular complexity index is 1200. The molecule has 1 fully saturated rings. The van der Waals surface area contributed by atoms with Crippen LogP contribution in [-0.4, -0.2) is 30.8 Å². The molecule has 6 nitrogen and oxygen atoms in total. The van der Waals surface area contributed by atoms with Crippen molar-refractivity contribution in [2.24, 2.45) is 5.92 Å². The molecule has 0 amide bonds. The van der Waals surface area contributed by atoms with Gasteiger partial charge in [0.15, 0.2) is 0 Å². The van der Waals surface area contributed by atoms with Gasteiger partial charge in [0.2, 0.25) is 10.0 Å². The summed E-state index contributed by atoms with van der Waals surface area (Å²) in [6.45, 7) is 2.01. The number of alkyl halides is 3. The maximum Gasteiger partial charge on any atom is 0.503 e. The topological polar surface area (TPSA) is 104 Å². The molecule has 1 aromatic heterocycles. The van der Waals surface area contributed by atoms with Crippen LogP contribution in [-0.2, 0) is 16.2 Å². The van der Waals surface area contributed by atoms with Crippen molar-refractivity contribution in [1.82, 2.24) is 4.72 Å². The van der Waals surface area contributed by atoms with Gasteiger partial charge in [-0.1, -0.05) is 49.4 Å². The van der Waals surface area contributed by atoms with Crippen molar-refractivity contribution in [1.29, 1.82) is 0 Å². The Morgan fingerprint density at radius 1 is 0.970 bits per heavy atom. The van der Waals surface area contributed by atoms with Crippen LogP contribution in [0.4, 0.5) is 18.0 Å². The molecule has 0 bridgehead atoms. The van der Waals surface area contributed by atoms with Crippen LogP contribution in [0.1, 0.15) is 24.0 Å². The number of carbonyl (C=O) groups is 1. The van der Waals surface area contributed by atoms with Gasteiger partial charge in [0.1, 0.15) is 4.21 Å². The van der Waals surface area contributed by atoms with Gasteiger partial charge in [0.25, 0.3) is 0 Å².